The summed E-state index contributed by atoms with van der Waals surface area (Å²) in [6.07, 6.45) is 1.52. The number of likely N-dealkylation sites (tertiary alicyclic amines) is 1. The van der Waals surface area contributed by atoms with Crippen LogP contribution in [0.2, 0.25) is 0 Å². The monoisotopic (exact) mass is 588 g/mol. The van der Waals surface area contributed by atoms with Gasteiger partial charge in [0.25, 0.3) is 0 Å². The first-order valence-electron chi connectivity index (χ1n) is 14.1. The number of carbonyl (C=O) groups is 2. The summed E-state index contributed by atoms with van der Waals surface area (Å²) in [5.74, 6) is -0.772. The van der Waals surface area contributed by atoms with Gasteiger partial charge in [-0.1, -0.05) is 24.3 Å². The molecular weight excluding hydrogens is 558 g/mol. The van der Waals surface area contributed by atoms with E-state index in [4.69, 9.17) is 4.74 Å². The number of benzene rings is 2. The fourth-order valence-corrected chi connectivity index (χ4v) is 5.50. The average Bonchev–Trinajstić information content (AvgIpc) is 3.81. The van der Waals surface area contributed by atoms with E-state index in [0.717, 1.165) is 23.8 Å². The molecule has 3 atom stereocenters. The van der Waals surface area contributed by atoms with E-state index in [2.05, 4.69) is 25.6 Å². The maximum atomic E-state index is 13.0. The van der Waals surface area contributed by atoms with E-state index in [1.807, 2.05) is 31.2 Å². The number of carbonyl (C=O) groups excluding carboxylic acids is 1. The van der Waals surface area contributed by atoms with Crippen molar-refractivity contribution in [1.82, 2.24) is 19.9 Å². The van der Waals surface area contributed by atoms with Crippen molar-refractivity contribution in [2.24, 2.45) is 11.8 Å². The predicted molar refractivity (Wildman–Crippen MR) is 156 cm³/mol. The van der Waals surface area contributed by atoms with Gasteiger partial charge in [-0.3, -0.25) is 4.79 Å². The molecular formula is C31H30F2N6O4. The number of aryl methyl sites for hydroxylation is 1. The van der Waals surface area contributed by atoms with Gasteiger partial charge in [-0.05, 0) is 56.0 Å². The molecule has 2 aromatic carbocycles. The van der Waals surface area contributed by atoms with Gasteiger partial charge in [0.15, 0.2) is 0 Å². The Kier molecular flexibility index (Phi) is 7.75. The first kappa shape index (κ1) is 28.3. The van der Waals surface area contributed by atoms with Crippen LogP contribution in [0.4, 0.5) is 25.2 Å². The number of nitrogens with one attached hydrogen (secondary N) is 2. The quantitative estimate of drug-likeness (QED) is 0.222. The third-order valence-corrected chi connectivity index (χ3v) is 7.89. The van der Waals surface area contributed by atoms with Gasteiger partial charge >= 0.3 is 6.09 Å². The highest BCUT2D eigenvalue weighted by Gasteiger charge is 2.48. The molecule has 2 fully saturated rings. The number of hydrogen-bond acceptors (Lipinski definition) is 7. The maximum absolute atomic E-state index is 13.0. The second kappa shape index (κ2) is 11.8. The normalized spacial score (nSPS) is 19.7. The fourth-order valence-electron chi connectivity index (χ4n) is 5.50. The Hall–Kier alpha value is -4.87. The number of pyridine rings is 1. The van der Waals surface area contributed by atoms with Crippen LogP contribution in [-0.2, 0) is 4.79 Å². The number of fused-ring (bicyclic) bond motifs is 1. The number of amides is 2. The lowest BCUT2D eigenvalue weighted by Gasteiger charge is -2.31. The summed E-state index contributed by atoms with van der Waals surface area (Å²) in [5.41, 5.74) is 2.54. The number of aromatic nitrogens is 3. The molecule has 0 spiro atoms. The molecule has 0 unspecified atom stereocenters. The molecule has 0 radical (unpaired) electrons. The maximum Gasteiger partial charge on any atom is 0.407 e. The zero-order valence-corrected chi connectivity index (χ0v) is 23.3. The average molecular weight is 589 g/mol. The second-order valence-electron chi connectivity index (χ2n) is 10.9. The Morgan fingerprint density at radius 3 is 2.72 bits per heavy atom. The van der Waals surface area contributed by atoms with Crippen LogP contribution >= 0.6 is 0 Å². The van der Waals surface area contributed by atoms with Gasteiger partial charge in [-0.15, -0.1) is 0 Å². The highest BCUT2D eigenvalue weighted by Crippen LogP contribution is 2.44. The molecule has 2 aromatic heterocycles. The van der Waals surface area contributed by atoms with E-state index in [9.17, 15) is 23.5 Å². The van der Waals surface area contributed by atoms with Crippen molar-refractivity contribution in [3.8, 4) is 22.9 Å². The number of rotatable bonds is 8. The van der Waals surface area contributed by atoms with Crippen LogP contribution in [0.1, 0.15) is 24.8 Å². The van der Waals surface area contributed by atoms with Crippen LogP contribution < -0.4 is 15.4 Å². The molecule has 4 aromatic rings. The summed E-state index contributed by atoms with van der Waals surface area (Å²) < 4.78 is 32.5. The summed E-state index contributed by atoms with van der Waals surface area (Å²) in [7, 11) is 0. The zero-order valence-electron chi connectivity index (χ0n) is 23.3. The standard InChI is InChI=1S/C31H30F2N6O4/c1-17-9-10-19-20(6-2-8-24(19)37-28(40)23-15-22(23)27(32)33)26(17)43-29-21(7-3-12-34-29)25-11-13-35-30(38-25)36-18-5-4-14-39(16-18)31(41)42/h2-3,6-13,18,22-23,27H,4-5,14-16H2,1H3,(H,37,40)(H,41,42)(H,35,36,38)/t18-,22+,23+/m0/s1. The van der Waals surface area contributed by atoms with Crippen LogP contribution in [-0.4, -0.2) is 62.5 Å². The smallest absolute Gasteiger partial charge is 0.407 e. The largest absolute Gasteiger partial charge is 0.465 e. The summed E-state index contributed by atoms with van der Waals surface area (Å²) in [6.45, 7) is 2.75. The first-order chi connectivity index (χ1) is 20.8. The lowest BCUT2D eigenvalue weighted by molar-refractivity contribution is -0.118. The van der Waals surface area contributed by atoms with Crippen molar-refractivity contribution in [2.75, 3.05) is 23.7 Å². The number of piperidine rings is 1. The topological polar surface area (TPSA) is 130 Å². The summed E-state index contributed by atoms with van der Waals surface area (Å²) >= 11 is 0. The van der Waals surface area contributed by atoms with Crippen LogP contribution in [0.25, 0.3) is 22.0 Å². The summed E-state index contributed by atoms with van der Waals surface area (Å²) in [4.78, 5) is 38.9. The van der Waals surface area contributed by atoms with Crippen molar-refractivity contribution >= 4 is 34.4 Å². The van der Waals surface area contributed by atoms with Crippen LogP contribution in [0, 0.1) is 18.8 Å². The third-order valence-electron chi connectivity index (χ3n) is 7.89. The number of alkyl halides is 2. The zero-order chi connectivity index (χ0) is 30.1. The van der Waals surface area contributed by atoms with E-state index in [1.54, 1.807) is 36.7 Å². The van der Waals surface area contributed by atoms with Crippen LogP contribution in [0.3, 0.4) is 0 Å². The van der Waals surface area contributed by atoms with Crippen LogP contribution in [0.15, 0.2) is 60.9 Å². The minimum atomic E-state index is -2.50. The van der Waals surface area contributed by atoms with Crippen molar-refractivity contribution in [2.45, 2.75) is 38.7 Å². The highest BCUT2D eigenvalue weighted by molar-refractivity contribution is 6.05. The van der Waals surface area contributed by atoms with Crippen molar-refractivity contribution in [1.29, 1.82) is 0 Å². The van der Waals surface area contributed by atoms with E-state index < -0.39 is 30.3 Å². The third kappa shape index (κ3) is 6.04. The molecule has 3 heterocycles. The minimum Gasteiger partial charge on any atom is -0.465 e. The molecule has 43 heavy (non-hydrogen) atoms. The van der Waals surface area contributed by atoms with Gasteiger partial charge in [0, 0.05) is 59.8 Å². The van der Waals surface area contributed by atoms with E-state index in [1.165, 1.54) is 4.90 Å². The van der Waals surface area contributed by atoms with Gasteiger partial charge in [0.2, 0.25) is 24.2 Å². The Balaban J connectivity index is 1.26. The van der Waals surface area contributed by atoms with Crippen molar-refractivity contribution in [3.05, 3.63) is 66.5 Å². The van der Waals surface area contributed by atoms with Gasteiger partial charge in [0.05, 0.1) is 11.3 Å². The fraction of sp³-hybridized carbons (Fsp3) is 0.323. The minimum absolute atomic E-state index is 0.112. The van der Waals surface area contributed by atoms with E-state index in [-0.39, 0.29) is 12.5 Å². The molecule has 1 saturated heterocycles. The van der Waals surface area contributed by atoms with Gasteiger partial charge < -0.3 is 25.4 Å². The van der Waals surface area contributed by atoms with Gasteiger partial charge in [-0.25, -0.2) is 28.5 Å². The molecule has 6 rings (SSSR count). The number of halogens is 2. The lowest BCUT2D eigenvalue weighted by Crippen LogP contribution is -2.44. The van der Waals surface area contributed by atoms with Crippen LogP contribution in [0.5, 0.6) is 11.6 Å². The Bertz CT molecular complexity index is 1690. The molecule has 1 aliphatic carbocycles. The molecule has 2 aliphatic rings. The lowest BCUT2D eigenvalue weighted by atomic mass is 10.0. The first-order valence-corrected chi connectivity index (χ1v) is 14.1. The van der Waals surface area contributed by atoms with E-state index >= 15 is 0 Å². The summed E-state index contributed by atoms with van der Waals surface area (Å²) in [6, 6.07) is 14.4. The highest BCUT2D eigenvalue weighted by atomic mass is 19.3. The van der Waals surface area contributed by atoms with Crippen molar-refractivity contribution < 1.29 is 28.2 Å². The van der Waals surface area contributed by atoms with Gasteiger partial charge in [0.1, 0.15) is 5.75 Å². The molecule has 12 heteroatoms. The summed E-state index contributed by atoms with van der Waals surface area (Å²) in [5, 5.41) is 16.9. The van der Waals surface area contributed by atoms with E-state index in [0.29, 0.717) is 53.0 Å². The predicted octanol–water partition coefficient (Wildman–Crippen LogP) is 6.19. The molecule has 2 amide bonds. The molecule has 0 bridgehead atoms. The second-order valence-corrected chi connectivity index (χ2v) is 10.9. The Morgan fingerprint density at radius 2 is 1.93 bits per heavy atom. The molecule has 3 N–H and O–H groups in total. The Labute approximate surface area is 246 Å². The SMILES string of the molecule is Cc1ccc2c(NC(=O)[C@@H]3C[C@H]3C(F)F)cccc2c1Oc1ncccc1-c1ccnc(N[C@H]2CCCN(C(=O)O)C2)n1. The van der Waals surface area contributed by atoms with Crippen molar-refractivity contribution in [3.63, 3.8) is 0 Å². The number of anilines is 2. The molecule has 222 valence electrons. The molecule has 1 aliphatic heterocycles. The number of carboxylic acid groups (broad SMARTS) is 1. The Morgan fingerprint density at radius 1 is 1.07 bits per heavy atom. The molecule has 1 saturated carbocycles. The number of nitrogens with zero attached hydrogens (tertiary/aromatic N) is 4. The van der Waals surface area contributed by atoms with Gasteiger partial charge in [-0.2, -0.15) is 0 Å². The molecule has 10 nitrogen and oxygen atoms in total. The number of hydrogen-bond donors (Lipinski definition) is 3. The number of ether oxygens (including phenoxy) is 1.